The monoisotopic (exact) mass is 320 g/mol. The molecule has 4 nitrogen and oxygen atoms in total. The molecule has 116 valence electrons. The molecule has 6 heteroatoms. The zero-order valence-electron chi connectivity index (χ0n) is 12.2. The van der Waals surface area contributed by atoms with Gasteiger partial charge < -0.3 is 10.2 Å². The van der Waals surface area contributed by atoms with Gasteiger partial charge in [-0.2, -0.15) is 11.3 Å². The van der Waals surface area contributed by atoms with Gasteiger partial charge in [-0.3, -0.25) is 9.59 Å². The van der Waals surface area contributed by atoms with E-state index in [0.717, 1.165) is 5.56 Å². The van der Waals surface area contributed by atoms with Gasteiger partial charge in [0.05, 0.1) is 12.1 Å². The molecular weight excluding hydrogens is 303 g/mol. The Bertz CT molecular complexity index is 626. The van der Waals surface area contributed by atoms with Crippen molar-refractivity contribution in [2.75, 3.05) is 13.1 Å². The number of nitrogens with zero attached hydrogens (tertiary/aromatic N) is 1. The highest BCUT2D eigenvalue weighted by molar-refractivity contribution is 7.08. The lowest BCUT2D eigenvalue weighted by Crippen LogP contribution is -2.40. The molecule has 0 saturated carbocycles. The first-order valence-electron chi connectivity index (χ1n) is 6.92. The highest BCUT2D eigenvalue weighted by Gasteiger charge is 2.17. The molecule has 0 fully saturated rings. The molecule has 1 heterocycles. The zero-order valence-corrected chi connectivity index (χ0v) is 13.0. The number of amides is 2. The van der Waals surface area contributed by atoms with Crippen LogP contribution in [0.5, 0.6) is 0 Å². The van der Waals surface area contributed by atoms with Gasteiger partial charge in [-0.15, -0.1) is 0 Å². The molecule has 2 rings (SSSR count). The number of nitrogens with one attached hydrogen (secondary N) is 1. The normalized spacial score (nSPS) is 10.3. The van der Waals surface area contributed by atoms with Crippen LogP contribution >= 0.6 is 11.3 Å². The number of likely N-dealkylation sites (N-methyl/N-ethyl adjacent to an activating group) is 1. The van der Waals surface area contributed by atoms with Crippen molar-refractivity contribution in [1.82, 2.24) is 10.2 Å². The van der Waals surface area contributed by atoms with Crippen LogP contribution in [-0.4, -0.2) is 29.8 Å². The second-order valence-corrected chi connectivity index (χ2v) is 5.51. The Hall–Kier alpha value is -2.21. The fraction of sp³-hybridized carbons (Fsp3) is 0.250. The van der Waals surface area contributed by atoms with Crippen molar-refractivity contribution in [2.45, 2.75) is 13.5 Å². The summed E-state index contributed by atoms with van der Waals surface area (Å²) < 4.78 is 12.8. The Labute approximate surface area is 132 Å². The van der Waals surface area contributed by atoms with Gasteiger partial charge in [-0.1, -0.05) is 12.1 Å². The number of benzene rings is 1. The second kappa shape index (κ2) is 7.70. The van der Waals surface area contributed by atoms with E-state index in [2.05, 4.69) is 5.32 Å². The topological polar surface area (TPSA) is 49.4 Å². The quantitative estimate of drug-likeness (QED) is 0.889. The third-order valence-electron chi connectivity index (χ3n) is 3.17. The van der Waals surface area contributed by atoms with Crippen LogP contribution < -0.4 is 5.32 Å². The maximum atomic E-state index is 12.8. The number of carbonyl (C=O) groups excluding carboxylic acids is 2. The molecule has 22 heavy (non-hydrogen) atoms. The number of hydrogen-bond acceptors (Lipinski definition) is 3. The SMILES string of the molecule is CCN(CC(=O)NCc1ccc(F)cc1)C(=O)c1ccsc1. The van der Waals surface area contributed by atoms with Crippen LogP contribution in [0.3, 0.4) is 0 Å². The molecule has 1 aromatic carbocycles. The fourth-order valence-electron chi connectivity index (χ4n) is 1.93. The zero-order chi connectivity index (χ0) is 15.9. The first-order valence-corrected chi connectivity index (χ1v) is 7.87. The minimum Gasteiger partial charge on any atom is -0.350 e. The van der Waals surface area contributed by atoms with Gasteiger partial charge in [0.15, 0.2) is 0 Å². The van der Waals surface area contributed by atoms with Crippen molar-refractivity contribution in [3.05, 3.63) is 58.0 Å². The van der Waals surface area contributed by atoms with Crippen LogP contribution in [-0.2, 0) is 11.3 Å². The van der Waals surface area contributed by atoms with Crippen LogP contribution in [0.25, 0.3) is 0 Å². The highest BCUT2D eigenvalue weighted by atomic mass is 32.1. The smallest absolute Gasteiger partial charge is 0.255 e. The molecule has 2 aromatic rings. The van der Waals surface area contributed by atoms with Crippen LogP contribution in [0.1, 0.15) is 22.8 Å². The predicted octanol–water partition coefficient (Wildman–Crippen LogP) is 2.67. The standard InChI is InChI=1S/C16H17FN2O2S/c1-2-19(16(21)13-7-8-22-11-13)10-15(20)18-9-12-3-5-14(17)6-4-12/h3-8,11H,2,9-10H2,1H3,(H,18,20). The summed E-state index contributed by atoms with van der Waals surface area (Å²) >= 11 is 1.44. The number of hydrogen-bond donors (Lipinski definition) is 1. The van der Waals surface area contributed by atoms with Crippen molar-refractivity contribution in [3.63, 3.8) is 0 Å². The molecule has 1 N–H and O–H groups in total. The van der Waals surface area contributed by atoms with Gasteiger partial charge in [-0.25, -0.2) is 4.39 Å². The molecule has 0 atom stereocenters. The molecule has 2 amide bonds. The summed E-state index contributed by atoms with van der Waals surface area (Å²) in [5, 5.41) is 6.33. The van der Waals surface area contributed by atoms with Crippen molar-refractivity contribution in [2.24, 2.45) is 0 Å². The third kappa shape index (κ3) is 4.39. The summed E-state index contributed by atoms with van der Waals surface area (Å²) in [4.78, 5) is 25.6. The van der Waals surface area contributed by atoms with Gasteiger partial charge in [0.25, 0.3) is 5.91 Å². The summed E-state index contributed by atoms with van der Waals surface area (Å²) in [5.41, 5.74) is 1.40. The summed E-state index contributed by atoms with van der Waals surface area (Å²) in [6, 6.07) is 7.67. The molecule has 0 saturated heterocycles. The average molecular weight is 320 g/mol. The average Bonchev–Trinajstić information content (AvgIpc) is 3.06. The fourth-order valence-corrected chi connectivity index (χ4v) is 2.56. The van der Waals surface area contributed by atoms with Gasteiger partial charge in [-0.05, 0) is 36.1 Å². The Morgan fingerprint density at radius 1 is 1.23 bits per heavy atom. The molecule has 0 aliphatic rings. The molecule has 0 unspecified atom stereocenters. The summed E-state index contributed by atoms with van der Waals surface area (Å²) in [6.07, 6.45) is 0. The number of halogens is 1. The van der Waals surface area contributed by atoms with Crippen LogP contribution in [0, 0.1) is 5.82 Å². The lowest BCUT2D eigenvalue weighted by atomic mass is 10.2. The molecule has 0 radical (unpaired) electrons. The minimum absolute atomic E-state index is 0.00632. The molecule has 0 aliphatic heterocycles. The van der Waals surface area contributed by atoms with Crippen LogP contribution in [0.4, 0.5) is 4.39 Å². The molecule has 0 aliphatic carbocycles. The number of rotatable bonds is 6. The third-order valence-corrected chi connectivity index (χ3v) is 3.86. The van der Waals surface area contributed by atoms with E-state index in [4.69, 9.17) is 0 Å². The van der Waals surface area contributed by atoms with E-state index in [1.165, 1.54) is 28.4 Å². The molecular formula is C16H17FN2O2S. The first-order chi connectivity index (χ1) is 10.6. The van der Waals surface area contributed by atoms with Gasteiger partial charge in [0.2, 0.25) is 5.91 Å². The van der Waals surface area contributed by atoms with Crippen LogP contribution in [0.2, 0.25) is 0 Å². The summed E-state index contributed by atoms with van der Waals surface area (Å²) in [5.74, 6) is -0.705. The van der Waals surface area contributed by atoms with Gasteiger partial charge in [0, 0.05) is 18.5 Å². The van der Waals surface area contributed by atoms with E-state index in [0.29, 0.717) is 18.7 Å². The van der Waals surface area contributed by atoms with E-state index >= 15 is 0 Å². The van der Waals surface area contributed by atoms with E-state index in [9.17, 15) is 14.0 Å². The summed E-state index contributed by atoms with van der Waals surface area (Å²) in [6.45, 7) is 2.60. The molecule has 0 spiro atoms. The highest BCUT2D eigenvalue weighted by Crippen LogP contribution is 2.09. The van der Waals surface area contributed by atoms with Crippen molar-refractivity contribution < 1.29 is 14.0 Å². The second-order valence-electron chi connectivity index (χ2n) is 4.73. The Morgan fingerprint density at radius 2 is 1.95 bits per heavy atom. The molecule has 1 aromatic heterocycles. The van der Waals surface area contributed by atoms with Crippen LogP contribution in [0.15, 0.2) is 41.1 Å². The maximum absolute atomic E-state index is 12.8. The van der Waals surface area contributed by atoms with Crippen molar-refractivity contribution >= 4 is 23.2 Å². The Kier molecular flexibility index (Phi) is 5.66. The van der Waals surface area contributed by atoms with Gasteiger partial charge >= 0.3 is 0 Å². The van der Waals surface area contributed by atoms with Crippen molar-refractivity contribution in [1.29, 1.82) is 0 Å². The Morgan fingerprint density at radius 3 is 2.55 bits per heavy atom. The Balaban J connectivity index is 1.87. The first kappa shape index (κ1) is 16.2. The number of thiophene rings is 1. The van der Waals surface area contributed by atoms with E-state index in [1.54, 1.807) is 23.6 Å². The largest absolute Gasteiger partial charge is 0.350 e. The lowest BCUT2D eigenvalue weighted by molar-refractivity contribution is -0.121. The van der Waals surface area contributed by atoms with E-state index in [1.807, 2.05) is 12.3 Å². The number of carbonyl (C=O) groups is 2. The predicted molar refractivity (Wildman–Crippen MR) is 84.1 cm³/mol. The van der Waals surface area contributed by atoms with E-state index < -0.39 is 0 Å². The van der Waals surface area contributed by atoms with Crippen molar-refractivity contribution in [3.8, 4) is 0 Å². The maximum Gasteiger partial charge on any atom is 0.255 e. The summed E-state index contributed by atoms with van der Waals surface area (Å²) in [7, 11) is 0. The lowest BCUT2D eigenvalue weighted by Gasteiger charge is -2.19. The molecule has 0 bridgehead atoms. The van der Waals surface area contributed by atoms with E-state index in [-0.39, 0.29) is 24.2 Å². The van der Waals surface area contributed by atoms with Gasteiger partial charge in [0.1, 0.15) is 5.82 Å². The minimum atomic E-state index is -0.311.